The summed E-state index contributed by atoms with van der Waals surface area (Å²) in [5, 5.41) is 23.8. The summed E-state index contributed by atoms with van der Waals surface area (Å²) in [7, 11) is 0. The van der Waals surface area contributed by atoms with Crippen LogP contribution in [0.2, 0.25) is 0 Å². The molecule has 2 aliphatic rings. The SMILES string of the molecule is OC[C@@H]1O[C@H](CNCc2ccccn2)[C@@H](N2CCc3ccccc3C2)[C@@H]1O. The molecule has 6 nitrogen and oxygen atoms in total. The number of benzene rings is 1. The lowest BCUT2D eigenvalue weighted by molar-refractivity contribution is -0.0213. The van der Waals surface area contributed by atoms with E-state index >= 15 is 0 Å². The normalized spacial score (nSPS) is 28.2. The van der Waals surface area contributed by atoms with Crippen LogP contribution >= 0.6 is 0 Å². The molecule has 0 amide bonds. The maximum Gasteiger partial charge on any atom is 0.109 e. The fourth-order valence-corrected chi connectivity index (χ4v) is 4.21. The van der Waals surface area contributed by atoms with Crippen molar-refractivity contribution >= 4 is 0 Å². The van der Waals surface area contributed by atoms with Crippen LogP contribution in [0, 0.1) is 0 Å². The van der Waals surface area contributed by atoms with Gasteiger partial charge in [0.25, 0.3) is 0 Å². The van der Waals surface area contributed by atoms with E-state index in [1.807, 2.05) is 18.2 Å². The highest BCUT2D eigenvalue weighted by Crippen LogP contribution is 2.30. The number of hydrogen-bond donors (Lipinski definition) is 3. The maximum atomic E-state index is 10.8. The average molecular weight is 369 g/mol. The molecule has 1 saturated heterocycles. The molecule has 4 atom stereocenters. The van der Waals surface area contributed by atoms with Crippen molar-refractivity contribution in [2.45, 2.75) is 43.9 Å². The van der Waals surface area contributed by atoms with Crippen LogP contribution in [-0.2, 0) is 24.2 Å². The van der Waals surface area contributed by atoms with Crippen LogP contribution in [0.3, 0.4) is 0 Å². The fourth-order valence-electron chi connectivity index (χ4n) is 4.21. The van der Waals surface area contributed by atoms with Crippen molar-refractivity contribution in [1.29, 1.82) is 0 Å². The summed E-state index contributed by atoms with van der Waals surface area (Å²) in [6.07, 6.45) is 1.35. The predicted octanol–water partition coefficient (Wildman–Crippen LogP) is 0.719. The number of hydrogen-bond acceptors (Lipinski definition) is 6. The summed E-state index contributed by atoms with van der Waals surface area (Å²) in [6.45, 7) is 2.77. The predicted molar refractivity (Wildman–Crippen MR) is 102 cm³/mol. The van der Waals surface area contributed by atoms with Crippen molar-refractivity contribution in [2.75, 3.05) is 19.7 Å². The molecular weight excluding hydrogens is 342 g/mol. The van der Waals surface area contributed by atoms with Crippen LogP contribution in [0.25, 0.3) is 0 Å². The van der Waals surface area contributed by atoms with Crippen molar-refractivity contribution in [3.05, 3.63) is 65.5 Å². The molecule has 144 valence electrons. The zero-order chi connectivity index (χ0) is 18.6. The molecule has 1 aromatic carbocycles. The van der Waals surface area contributed by atoms with Crippen molar-refractivity contribution in [1.82, 2.24) is 15.2 Å². The zero-order valence-electron chi connectivity index (χ0n) is 15.4. The number of aromatic nitrogens is 1. The molecule has 0 aliphatic carbocycles. The summed E-state index contributed by atoms with van der Waals surface area (Å²) in [4.78, 5) is 6.62. The molecule has 2 aromatic rings. The Morgan fingerprint density at radius 2 is 1.93 bits per heavy atom. The van der Waals surface area contributed by atoms with Gasteiger partial charge in [0.2, 0.25) is 0 Å². The van der Waals surface area contributed by atoms with Crippen molar-refractivity contribution < 1.29 is 14.9 Å². The van der Waals surface area contributed by atoms with Crippen molar-refractivity contribution in [2.24, 2.45) is 0 Å². The van der Waals surface area contributed by atoms with E-state index in [-0.39, 0.29) is 18.8 Å². The second kappa shape index (κ2) is 8.46. The Hall–Kier alpha value is -1.83. The number of rotatable bonds is 6. The highest BCUT2D eigenvalue weighted by atomic mass is 16.5. The number of fused-ring (bicyclic) bond motifs is 1. The van der Waals surface area contributed by atoms with E-state index in [9.17, 15) is 10.2 Å². The van der Waals surface area contributed by atoms with Crippen LogP contribution in [0.1, 0.15) is 16.8 Å². The van der Waals surface area contributed by atoms with Gasteiger partial charge in [0.15, 0.2) is 0 Å². The number of pyridine rings is 1. The van der Waals surface area contributed by atoms with Crippen LogP contribution in [0.5, 0.6) is 0 Å². The molecule has 0 bridgehead atoms. The number of nitrogens with one attached hydrogen (secondary N) is 1. The lowest BCUT2D eigenvalue weighted by atomic mass is 9.95. The average Bonchev–Trinajstić information content (AvgIpc) is 3.04. The summed E-state index contributed by atoms with van der Waals surface area (Å²) >= 11 is 0. The van der Waals surface area contributed by atoms with E-state index in [1.165, 1.54) is 11.1 Å². The lowest BCUT2D eigenvalue weighted by Gasteiger charge is -2.37. The molecule has 1 fully saturated rings. The van der Waals surface area contributed by atoms with Gasteiger partial charge in [0, 0.05) is 32.4 Å². The number of aliphatic hydroxyl groups excluding tert-OH is 2. The van der Waals surface area contributed by atoms with Crippen LogP contribution in [-0.4, -0.2) is 64.1 Å². The van der Waals surface area contributed by atoms with Gasteiger partial charge in [-0.15, -0.1) is 0 Å². The number of nitrogens with zero attached hydrogens (tertiary/aromatic N) is 2. The second-order valence-electron chi connectivity index (χ2n) is 7.32. The van der Waals surface area contributed by atoms with E-state index in [4.69, 9.17) is 4.74 Å². The largest absolute Gasteiger partial charge is 0.394 e. The Balaban J connectivity index is 1.43. The minimum Gasteiger partial charge on any atom is -0.394 e. The van der Waals surface area contributed by atoms with Gasteiger partial charge in [-0.05, 0) is 29.7 Å². The number of ether oxygens (including phenoxy) is 1. The van der Waals surface area contributed by atoms with Crippen LogP contribution in [0.4, 0.5) is 0 Å². The summed E-state index contributed by atoms with van der Waals surface area (Å²) in [5.74, 6) is 0. The first-order valence-corrected chi connectivity index (χ1v) is 9.62. The highest BCUT2D eigenvalue weighted by molar-refractivity contribution is 5.29. The first-order valence-electron chi connectivity index (χ1n) is 9.62. The van der Waals surface area contributed by atoms with Gasteiger partial charge in [-0.2, -0.15) is 0 Å². The van der Waals surface area contributed by atoms with Gasteiger partial charge in [-0.3, -0.25) is 9.88 Å². The van der Waals surface area contributed by atoms with Gasteiger partial charge < -0.3 is 20.3 Å². The minimum absolute atomic E-state index is 0.133. The van der Waals surface area contributed by atoms with Gasteiger partial charge in [-0.25, -0.2) is 0 Å². The van der Waals surface area contributed by atoms with Crippen molar-refractivity contribution in [3.63, 3.8) is 0 Å². The third-order valence-electron chi connectivity index (χ3n) is 5.60. The molecule has 0 spiro atoms. The van der Waals surface area contributed by atoms with E-state index < -0.39 is 12.2 Å². The molecule has 0 radical (unpaired) electrons. The van der Waals surface area contributed by atoms with Gasteiger partial charge in [0.05, 0.1) is 24.4 Å². The summed E-state index contributed by atoms with van der Waals surface area (Å²) in [5.41, 5.74) is 3.66. The summed E-state index contributed by atoms with van der Waals surface area (Å²) < 4.78 is 5.99. The van der Waals surface area contributed by atoms with E-state index in [1.54, 1.807) is 6.20 Å². The van der Waals surface area contributed by atoms with Crippen molar-refractivity contribution in [3.8, 4) is 0 Å². The maximum absolute atomic E-state index is 10.8. The zero-order valence-corrected chi connectivity index (χ0v) is 15.4. The van der Waals surface area contributed by atoms with E-state index in [0.717, 1.165) is 25.2 Å². The molecule has 1 aromatic heterocycles. The van der Waals surface area contributed by atoms with Crippen LogP contribution < -0.4 is 5.32 Å². The smallest absolute Gasteiger partial charge is 0.109 e. The highest BCUT2D eigenvalue weighted by Gasteiger charge is 2.46. The minimum atomic E-state index is -0.693. The fraction of sp³-hybridized carbons (Fsp3) is 0.476. The van der Waals surface area contributed by atoms with Gasteiger partial charge >= 0.3 is 0 Å². The molecule has 27 heavy (non-hydrogen) atoms. The Morgan fingerprint density at radius 3 is 2.70 bits per heavy atom. The van der Waals surface area contributed by atoms with E-state index in [2.05, 4.69) is 39.5 Å². The first-order chi connectivity index (χ1) is 13.3. The molecule has 0 unspecified atom stereocenters. The Morgan fingerprint density at radius 1 is 1.11 bits per heavy atom. The van der Waals surface area contributed by atoms with Crippen LogP contribution in [0.15, 0.2) is 48.7 Å². The molecule has 0 saturated carbocycles. The van der Waals surface area contributed by atoms with Gasteiger partial charge in [-0.1, -0.05) is 30.3 Å². The molecule has 3 N–H and O–H groups in total. The third-order valence-corrected chi connectivity index (χ3v) is 5.60. The Labute approximate surface area is 159 Å². The summed E-state index contributed by atoms with van der Waals surface area (Å²) in [6, 6.07) is 14.2. The second-order valence-corrected chi connectivity index (χ2v) is 7.32. The monoisotopic (exact) mass is 369 g/mol. The topological polar surface area (TPSA) is 77.9 Å². The lowest BCUT2D eigenvalue weighted by Crippen LogP contribution is -2.52. The molecular formula is C21H27N3O3. The molecule has 6 heteroatoms. The Bertz CT molecular complexity index is 742. The third kappa shape index (κ3) is 4.05. The Kier molecular flexibility index (Phi) is 5.80. The quantitative estimate of drug-likeness (QED) is 0.697. The number of aliphatic hydroxyl groups is 2. The first kappa shape index (κ1) is 18.5. The van der Waals surface area contributed by atoms with Gasteiger partial charge in [0.1, 0.15) is 12.2 Å². The molecule has 3 heterocycles. The standard InChI is InChI=1S/C21H27N3O3/c25-14-19-21(26)20(24-10-8-15-5-1-2-6-16(15)13-24)18(27-19)12-22-11-17-7-3-4-9-23-17/h1-7,9,18-22,25-26H,8,10-14H2/t18-,19+,20-,21-/m1/s1. The van der Waals surface area contributed by atoms with E-state index in [0.29, 0.717) is 13.1 Å². The molecule has 2 aliphatic heterocycles. The molecule has 4 rings (SSSR count).